The van der Waals surface area contributed by atoms with E-state index in [9.17, 15) is 18.0 Å². The summed E-state index contributed by atoms with van der Waals surface area (Å²) in [6, 6.07) is 21.7. The minimum atomic E-state index is -3.97. The molecule has 1 amide bonds. The fraction of sp³-hybridized carbons (Fsp3) is 0.233. The number of hydrogen-bond donors (Lipinski definition) is 1. The third-order valence-corrected chi connectivity index (χ3v) is 10.1. The third-order valence-electron chi connectivity index (χ3n) is 6.97. The van der Waals surface area contributed by atoms with Crippen molar-refractivity contribution in [1.29, 1.82) is 0 Å². The lowest BCUT2D eigenvalue weighted by Gasteiger charge is -2.26. The Bertz CT molecular complexity index is 1880. The molecule has 3 heterocycles. The zero-order valence-corrected chi connectivity index (χ0v) is 24.4. The molecule has 0 bridgehead atoms. The number of fused-ring (bicyclic) bond motifs is 1. The molecule has 220 valence electrons. The van der Waals surface area contributed by atoms with E-state index in [2.05, 4.69) is 15.2 Å². The Labute approximate surface area is 250 Å². The van der Waals surface area contributed by atoms with Crippen molar-refractivity contribution in [3.63, 3.8) is 0 Å². The quantitative estimate of drug-likeness (QED) is 0.255. The number of carbonyl (C=O) groups excluding carboxylic acids is 1. The largest absolute Gasteiger partial charge is 0.481 e. The molecule has 5 aromatic rings. The maximum atomic E-state index is 13.8. The van der Waals surface area contributed by atoms with Gasteiger partial charge < -0.3 is 19.2 Å². The highest BCUT2D eigenvalue weighted by Crippen LogP contribution is 2.38. The van der Waals surface area contributed by atoms with E-state index in [4.69, 9.17) is 14.3 Å². The minimum Gasteiger partial charge on any atom is -0.481 e. The molecule has 6 rings (SSSR count). The van der Waals surface area contributed by atoms with Crippen LogP contribution in [0.2, 0.25) is 0 Å². The summed E-state index contributed by atoms with van der Waals surface area (Å²) in [5.74, 6) is -1.93. The fourth-order valence-electron chi connectivity index (χ4n) is 4.86. The number of hydrogen-bond acceptors (Lipinski definition) is 10. The summed E-state index contributed by atoms with van der Waals surface area (Å²) in [7, 11) is -3.97. The number of aliphatic carboxylic acids is 1. The first-order valence-corrected chi connectivity index (χ1v) is 16.0. The van der Waals surface area contributed by atoms with Gasteiger partial charge in [0.05, 0.1) is 29.2 Å². The van der Waals surface area contributed by atoms with Crippen molar-refractivity contribution in [2.75, 3.05) is 26.3 Å². The van der Waals surface area contributed by atoms with Gasteiger partial charge in [-0.15, -0.1) is 21.5 Å². The van der Waals surface area contributed by atoms with Crippen molar-refractivity contribution in [3.8, 4) is 11.1 Å². The topological polar surface area (TPSA) is 153 Å². The van der Waals surface area contributed by atoms with Crippen molar-refractivity contribution in [2.45, 2.75) is 17.4 Å². The van der Waals surface area contributed by atoms with Crippen LogP contribution in [0.5, 0.6) is 0 Å². The molecule has 1 aliphatic rings. The first-order chi connectivity index (χ1) is 20.8. The summed E-state index contributed by atoms with van der Waals surface area (Å²) < 4.78 is 39.2. The van der Waals surface area contributed by atoms with E-state index < -0.39 is 27.5 Å². The number of carbonyl (C=O) groups is 2. The van der Waals surface area contributed by atoms with Crippen molar-refractivity contribution in [3.05, 3.63) is 101 Å². The number of amides is 1. The first-order valence-electron chi connectivity index (χ1n) is 13.4. The number of rotatable bonds is 9. The molecule has 0 radical (unpaired) electrons. The minimum absolute atomic E-state index is 0.0345. The summed E-state index contributed by atoms with van der Waals surface area (Å²) >= 11 is 1.19. The second-order valence-electron chi connectivity index (χ2n) is 9.99. The van der Waals surface area contributed by atoms with Gasteiger partial charge in [-0.3, -0.25) is 9.59 Å². The molecule has 11 nitrogen and oxygen atoms in total. The highest BCUT2D eigenvalue weighted by Gasteiger charge is 2.37. The zero-order chi connectivity index (χ0) is 30.0. The van der Waals surface area contributed by atoms with Crippen molar-refractivity contribution >= 4 is 43.3 Å². The Morgan fingerprint density at radius 2 is 1.67 bits per heavy atom. The van der Waals surface area contributed by atoms with Crippen LogP contribution in [0.25, 0.3) is 21.3 Å². The summed E-state index contributed by atoms with van der Waals surface area (Å²) in [5.41, 5.74) is 3.53. The van der Waals surface area contributed by atoms with Gasteiger partial charge >= 0.3 is 5.97 Å². The van der Waals surface area contributed by atoms with E-state index >= 15 is 0 Å². The molecule has 1 aliphatic heterocycles. The van der Waals surface area contributed by atoms with E-state index in [1.165, 1.54) is 11.3 Å². The molecule has 43 heavy (non-hydrogen) atoms. The van der Waals surface area contributed by atoms with Crippen molar-refractivity contribution < 1.29 is 32.3 Å². The van der Waals surface area contributed by atoms with Crippen molar-refractivity contribution in [2.24, 2.45) is 0 Å². The zero-order valence-electron chi connectivity index (χ0n) is 22.8. The molecule has 0 aliphatic carbocycles. The average Bonchev–Trinajstić information content (AvgIpc) is 3.63. The summed E-state index contributed by atoms with van der Waals surface area (Å²) in [4.78, 5) is 30.4. The first kappa shape index (κ1) is 28.6. The monoisotopic (exact) mass is 618 g/mol. The van der Waals surface area contributed by atoms with E-state index in [1.54, 1.807) is 47.4 Å². The second kappa shape index (κ2) is 12.0. The van der Waals surface area contributed by atoms with Crippen LogP contribution in [0.3, 0.4) is 0 Å². The number of carboxylic acids is 1. The van der Waals surface area contributed by atoms with Crippen LogP contribution >= 0.6 is 11.3 Å². The molecule has 3 aromatic carbocycles. The molecule has 1 fully saturated rings. The number of aromatic nitrogens is 3. The maximum Gasteiger partial charge on any atom is 0.312 e. The summed E-state index contributed by atoms with van der Waals surface area (Å²) in [6.45, 7) is 2.20. The van der Waals surface area contributed by atoms with Crippen LogP contribution in [0.4, 0.5) is 0 Å². The van der Waals surface area contributed by atoms with Gasteiger partial charge in [-0.05, 0) is 41.0 Å². The number of nitrogens with zero attached hydrogens (tertiary/aromatic N) is 4. The number of carboxylic acid groups (broad SMARTS) is 1. The van der Waals surface area contributed by atoms with Crippen LogP contribution in [-0.4, -0.2) is 71.8 Å². The van der Waals surface area contributed by atoms with Crippen LogP contribution < -0.4 is 0 Å². The normalized spacial score (nSPS) is 14.6. The average molecular weight is 619 g/mol. The van der Waals surface area contributed by atoms with E-state index in [-0.39, 0.29) is 28.4 Å². The van der Waals surface area contributed by atoms with Gasteiger partial charge in [0.2, 0.25) is 11.8 Å². The van der Waals surface area contributed by atoms with Gasteiger partial charge in [0, 0.05) is 18.7 Å². The lowest BCUT2D eigenvalue weighted by Crippen LogP contribution is -2.40. The van der Waals surface area contributed by atoms with Gasteiger partial charge in [0.1, 0.15) is 11.4 Å². The van der Waals surface area contributed by atoms with Crippen LogP contribution in [0, 0.1) is 0 Å². The summed E-state index contributed by atoms with van der Waals surface area (Å²) in [5, 5.41) is 15.7. The van der Waals surface area contributed by atoms with Crippen LogP contribution in [-0.2, 0) is 31.5 Å². The van der Waals surface area contributed by atoms with Gasteiger partial charge in [0.25, 0.3) is 5.91 Å². The van der Waals surface area contributed by atoms with Crippen LogP contribution in [0.1, 0.15) is 38.0 Å². The summed E-state index contributed by atoms with van der Waals surface area (Å²) in [6.07, 6.45) is -0.529. The Balaban J connectivity index is 1.32. The number of morpholine rings is 1. The number of ether oxygens (including phenoxy) is 1. The molecule has 1 unspecified atom stereocenters. The lowest BCUT2D eigenvalue weighted by atomic mass is 10.0. The Kier molecular flexibility index (Phi) is 8.02. The van der Waals surface area contributed by atoms with Gasteiger partial charge in [-0.1, -0.05) is 48.5 Å². The van der Waals surface area contributed by atoms with Gasteiger partial charge in [0.15, 0.2) is 15.1 Å². The predicted molar refractivity (Wildman–Crippen MR) is 158 cm³/mol. The molecular weight excluding hydrogens is 592 g/mol. The van der Waals surface area contributed by atoms with Crippen LogP contribution in [0.15, 0.2) is 77.2 Å². The van der Waals surface area contributed by atoms with Gasteiger partial charge in [-0.25, -0.2) is 13.4 Å². The third kappa shape index (κ3) is 6.33. The maximum absolute atomic E-state index is 13.8. The Morgan fingerprint density at radius 1 is 0.953 bits per heavy atom. The molecule has 1 saturated heterocycles. The van der Waals surface area contributed by atoms with E-state index in [0.29, 0.717) is 42.9 Å². The number of benzene rings is 3. The molecule has 13 heteroatoms. The second-order valence-corrected chi connectivity index (χ2v) is 13.1. The molecule has 1 atom stereocenters. The molecule has 1 N–H and O–H groups in total. The lowest BCUT2D eigenvalue weighted by molar-refractivity contribution is -0.136. The standard InChI is InChI=1S/C30H26N4O7S2/c35-26(36)17-25-32-33-28(41-25)27(43(38,39)18-19-4-2-1-3-5-19)29-31-23-11-10-22(16-24(23)42-29)20-6-8-21(9-7-20)30(37)34-12-14-40-15-13-34/h1-11,16,27H,12-15,17-18H2,(H,35,36). The Hall–Kier alpha value is -4.46. The Morgan fingerprint density at radius 3 is 2.40 bits per heavy atom. The smallest absolute Gasteiger partial charge is 0.312 e. The molecule has 0 spiro atoms. The SMILES string of the molecule is O=C(O)Cc1nnc(C(c2nc3ccc(-c4ccc(C(=O)N5CCOCC5)cc4)cc3s2)S(=O)(=O)Cc2ccccc2)o1. The molecule has 2 aromatic heterocycles. The fourth-order valence-corrected chi connectivity index (χ4v) is 8.02. The van der Waals surface area contributed by atoms with E-state index in [0.717, 1.165) is 15.8 Å². The van der Waals surface area contributed by atoms with E-state index in [1.807, 2.05) is 30.3 Å². The van der Waals surface area contributed by atoms with Gasteiger partial charge in [-0.2, -0.15) is 0 Å². The van der Waals surface area contributed by atoms with Crippen molar-refractivity contribution in [1.82, 2.24) is 20.1 Å². The number of sulfone groups is 1. The predicted octanol–water partition coefficient (Wildman–Crippen LogP) is 4.15. The molecular formula is C30H26N4O7S2. The number of thiazole rings is 1. The highest BCUT2D eigenvalue weighted by molar-refractivity contribution is 7.91. The molecule has 0 saturated carbocycles. The highest BCUT2D eigenvalue weighted by atomic mass is 32.2.